The summed E-state index contributed by atoms with van der Waals surface area (Å²) in [6.45, 7) is 4.68. The van der Waals surface area contributed by atoms with Gasteiger partial charge in [0.2, 0.25) is 0 Å². The van der Waals surface area contributed by atoms with Crippen LogP contribution in [0.5, 0.6) is 0 Å². The first-order valence-electron chi connectivity index (χ1n) is 12.0. The minimum absolute atomic E-state index is 0.0193. The minimum atomic E-state index is -0.829. The number of rotatable bonds is 12. The molecule has 1 saturated heterocycles. The molecule has 1 heterocycles. The Labute approximate surface area is 210 Å². The van der Waals surface area contributed by atoms with E-state index in [0.717, 1.165) is 57.4 Å². The molecule has 0 spiro atoms. The molecular formula is C24H36N4O8. The molecule has 1 unspecified atom stereocenters. The van der Waals surface area contributed by atoms with Gasteiger partial charge in [-0.2, -0.15) is 9.59 Å². The molecule has 0 saturated carbocycles. The Morgan fingerprint density at radius 2 is 1.53 bits per heavy atom. The van der Waals surface area contributed by atoms with E-state index in [-0.39, 0.29) is 30.8 Å². The number of carbonyl (C=O) groups excluding carboxylic acids is 2. The number of carboxylic acids is 2. The van der Waals surface area contributed by atoms with Gasteiger partial charge in [-0.3, -0.25) is 29.5 Å². The van der Waals surface area contributed by atoms with Gasteiger partial charge < -0.3 is 15.1 Å². The number of likely N-dealkylation sites (N-methyl/N-ethyl adjacent to an activating group) is 1. The van der Waals surface area contributed by atoms with Gasteiger partial charge in [0.1, 0.15) is 0 Å². The standard InChI is InChI=1S/C23H36N4O6.CO2/c1-24-12-14-25(18-23(30)31)15-17-26(16-13-24)20(6-3-7-22(28)29)5-2-4-19-8-10-21(11-9-19)27(32)33;2-1-3/h8-11,20H,2-7,12-18H2,1H3,(H,28,29)(H,30,31);. The van der Waals surface area contributed by atoms with Crippen LogP contribution in [0.15, 0.2) is 24.3 Å². The lowest BCUT2D eigenvalue weighted by Crippen LogP contribution is -2.43. The number of benzene rings is 1. The second-order valence-corrected chi connectivity index (χ2v) is 8.85. The van der Waals surface area contributed by atoms with E-state index in [4.69, 9.17) is 14.7 Å². The molecule has 0 aromatic heterocycles. The number of non-ortho nitro benzene ring substituents is 1. The van der Waals surface area contributed by atoms with Crippen LogP contribution in [0, 0.1) is 10.1 Å². The third-order valence-corrected chi connectivity index (χ3v) is 6.22. The van der Waals surface area contributed by atoms with E-state index in [1.807, 2.05) is 11.9 Å². The number of nitro benzene ring substituents is 1. The van der Waals surface area contributed by atoms with Crippen molar-refractivity contribution in [2.45, 2.75) is 44.6 Å². The molecule has 1 aliphatic rings. The number of aryl methyl sites for hydroxylation is 1. The highest BCUT2D eigenvalue weighted by molar-refractivity contribution is 5.69. The molecule has 1 aliphatic heterocycles. The zero-order valence-corrected chi connectivity index (χ0v) is 20.7. The fourth-order valence-electron chi connectivity index (χ4n) is 4.26. The molecule has 2 rings (SSSR count). The molecule has 0 amide bonds. The lowest BCUT2D eigenvalue weighted by Gasteiger charge is -2.33. The van der Waals surface area contributed by atoms with Crippen LogP contribution in [0.1, 0.15) is 37.7 Å². The van der Waals surface area contributed by atoms with E-state index in [2.05, 4.69) is 9.80 Å². The molecule has 2 N–H and O–H groups in total. The first kappa shape index (κ1) is 30.9. The quantitative estimate of drug-likeness (QED) is 0.311. The summed E-state index contributed by atoms with van der Waals surface area (Å²) in [5.41, 5.74) is 1.12. The van der Waals surface area contributed by atoms with Crippen molar-refractivity contribution < 1.29 is 34.3 Å². The van der Waals surface area contributed by atoms with E-state index in [9.17, 15) is 24.8 Å². The molecule has 0 bridgehead atoms. The van der Waals surface area contributed by atoms with Crippen molar-refractivity contribution in [3.05, 3.63) is 39.9 Å². The van der Waals surface area contributed by atoms with Crippen molar-refractivity contribution in [2.75, 3.05) is 52.9 Å². The number of aliphatic carboxylic acids is 2. The molecule has 1 aromatic carbocycles. The summed E-state index contributed by atoms with van der Waals surface area (Å²) in [5, 5.41) is 29.1. The highest BCUT2D eigenvalue weighted by Crippen LogP contribution is 2.19. The highest BCUT2D eigenvalue weighted by atomic mass is 16.6. The summed E-state index contributed by atoms with van der Waals surface area (Å²) in [4.78, 5) is 55.5. The second-order valence-electron chi connectivity index (χ2n) is 8.85. The number of hydrogen-bond acceptors (Lipinski definition) is 9. The van der Waals surface area contributed by atoms with Gasteiger partial charge in [0.25, 0.3) is 5.69 Å². The van der Waals surface area contributed by atoms with Crippen LogP contribution in [-0.2, 0) is 25.6 Å². The van der Waals surface area contributed by atoms with Gasteiger partial charge in [0.15, 0.2) is 0 Å². The number of carbonyl (C=O) groups is 2. The average Bonchev–Trinajstić information content (AvgIpc) is 2.90. The molecule has 200 valence electrons. The molecule has 0 aliphatic carbocycles. The Morgan fingerprint density at radius 3 is 2.11 bits per heavy atom. The molecule has 1 fully saturated rings. The Hall–Kier alpha value is -3.18. The summed E-state index contributed by atoms with van der Waals surface area (Å²) >= 11 is 0. The van der Waals surface area contributed by atoms with E-state index in [0.29, 0.717) is 19.5 Å². The third kappa shape index (κ3) is 13.1. The smallest absolute Gasteiger partial charge is 0.373 e. The van der Waals surface area contributed by atoms with Gasteiger partial charge in [-0.05, 0) is 44.7 Å². The van der Waals surface area contributed by atoms with Gasteiger partial charge in [-0.25, -0.2) is 0 Å². The van der Waals surface area contributed by atoms with Gasteiger partial charge in [-0.1, -0.05) is 12.1 Å². The zero-order valence-electron chi connectivity index (χ0n) is 20.7. The summed E-state index contributed by atoms with van der Waals surface area (Å²) in [6, 6.07) is 6.83. The van der Waals surface area contributed by atoms with E-state index >= 15 is 0 Å². The van der Waals surface area contributed by atoms with Crippen LogP contribution in [0.2, 0.25) is 0 Å². The summed E-state index contributed by atoms with van der Waals surface area (Å²) < 4.78 is 0. The maximum atomic E-state index is 11.2. The monoisotopic (exact) mass is 508 g/mol. The SMILES string of the molecule is CN1CCN(CC(=O)O)CCN(C(CCCC(=O)O)CCCc2ccc([N+](=O)[O-])cc2)CC1.O=C=O. The van der Waals surface area contributed by atoms with E-state index in [1.165, 1.54) is 12.1 Å². The second kappa shape index (κ2) is 17.3. The molecule has 1 aromatic rings. The number of nitrogens with zero attached hydrogens (tertiary/aromatic N) is 4. The van der Waals surface area contributed by atoms with Crippen LogP contribution < -0.4 is 0 Å². The number of nitro groups is 1. The Bertz CT molecular complexity index is 858. The largest absolute Gasteiger partial charge is 0.481 e. The summed E-state index contributed by atoms with van der Waals surface area (Å²) in [5.74, 6) is -1.62. The van der Waals surface area contributed by atoms with Crippen LogP contribution in [0.3, 0.4) is 0 Å². The molecule has 12 heteroatoms. The van der Waals surface area contributed by atoms with Gasteiger partial charge in [0.05, 0.1) is 11.5 Å². The lowest BCUT2D eigenvalue weighted by molar-refractivity contribution is -0.384. The lowest BCUT2D eigenvalue weighted by atomic mass is 9.99. The highest BCUT2D eigenvalue weighted by Gasteiger charge is 2.22. The Morgan fingerprint density at radius 1 is 0.972 bits per heavy atom. The van der Waals surface area contributed by atoms with Crippen molar-refractivity contribution in [3.8, 4) is 0 Å². The molecule has 0 radical (unpaired) electrons. The molecular weight excluding hydrogens is 472 g/mol. The maximum absolute atomic E-state index is 11.2. The molecule has 36 heavy (non-hydrogen) atoms. The Kier molecular flexibility index (Phi) is 14.8. The minimum Gasteiger partial charge on any atom is -0.481 e. The fourth-order valence-corrected chi connectivity index (χ4v) is 4.26. The van der Waals surface area contributed by atoms with Crippen molar-refractivity contribution in [1.29, 1.82) is 0 Å². The van der Waals surface area contributed by atoms with E-state index in [1.54, 1.807) is 12.1 Å². The van der Waals surface area contributed by atoms with Crippen molar-refractivity contribution in [1.82, 2.24) is 14.7 Å². The van der Waals surface area contributed by atoms with Crippen LogP contribution in [0.25, 0.3) is 0 Å². The van der Waals surface area contributed by atoms with Crippen molar-refractivity contribution >= 4 is 23.8 Å². The van der Waals surface area contributed by atoms with Crippen LogP contribution in [-0.4, -0.2) is 107 Å². The average molecular weight is 509 g/mol. The zero-order chi connectivity index (χ0) is 26.9. The summed E-state index contributed by atoms with van der Waals surface area (Å²) in [6.07, 6.45) is 4.34. The van der Waals surface area contributed by atoms with Crippen molar-refractivity contribution in [2.24, 2.45) is 0 Å². The van der Waals surface area contributed by atoms with Crippen LogP contribution in [0.4, 0.5) is 5.69 Å². The number of carboxylic acid groups (broad SMARTS) is 2. The maximum Gasteiger partial charge on any atom is 0.373 e. The van der Waals surface area contributed by atoms with E-state index < -0.39 is 16.9 Å². The van der Waals surface area contributed by atoms with Gasteiger partial charge in [-0.15, -0.1) is 0 Å². The van der Waals surface area contributed by atoms with Crippen molar-refractivity contribution in [3.63, 3.8) is 0 Å². The van der Waals surface area contributed by atoms with Gasteiger partial charge in [0, 0.05) is 63.9 Å². The van der Waals surface area contributed by atoms with Gasteiger partial charge >= 0.3 is 18.1 Å². The molecule has 12 nitrogen and oxygen atoms in total. The summed E-state index contributed by atoms with van der Waals surface area (Å²) in [7, 11) is 2.04. The normalized spacial score (nSPS) is 16.4. The third-order valence-electron chi connectivity index (χ3n) is 6.22. The number of hydrogen-bond donors (Lipinski definition) is 2. The first-order chi connectivity index (χ1) is 17.2. The first-order valence-corrected chi connectivity index (χ1v) is 12.0. The van der Waals surface area contributed by atoms with Crippen LogP contribution >= 0.6 is 0 Å². The Balaban J connectivity index is 0.00000205. The predicted molar refractivity (Wildman–Crippen MR) is 129 cm³/mol. The molecule has 1 atom stereocenters. The fraction of sp³-hybridized carbons (Fsp3) is 0.625. The predicted octanol–water partition coefficient (Wildman–Crippen LogP) is 1.59. The topological polar surface area (TPSA) is 162 Å².